The smallest absolute Gasteiger partial charge is 0.267 e. The van der Waals surface area contributed by atoms with Crippen LogP contribution in [0.1, 0.15) is 6.92 Å². The molecule has 0 aliphatic rings. The second kappa shape index (κ2) is 5.77. The van der Waals surface area contributed by atoms with Crippen molar-refractivity contribution >= 4 is 11.9 Å². The Kier molecular flexibility index (Phi) is 3.86. The third-order valence-electron chi connectivity index (χ3n) is 2.23. The van der Waals surface area contributed by atoms with Crippen molar-refractivity contribution in [3.8, 4) is 5.75 Å². The van der Waals surface area contributed by atoms with E-state index in [2.05, 4.69) is 15.3 Å². The molecule has 0 radical (unpaired) electrons. The highest BCUT2D eigenvalue weighted by Gasteiger charge is 2.15. The molecule has 18 heavy (non-hydrogen) atoms. The number of anilines is 1. The van der Waals surface area contributed by atoms with E-state index in [-0.39, 0.29) is 11.9 Å². The summed E-state index contributed by atoms with van der Waals surface area (Å²) in [6.45, 7) is 1.67. The zero-order valence-corrected chi connectivity index (χ0v) is 9.91. The molecule has 1 atom stereocenters. The Balaban J connectivity index is 1.93. The quantitative estimate of drug-likeness (QED) is 0.890. The highest BCUT2D eigenvalue weighted by molar-refractivity contribution is 5.92. The Labute approximate surface area is 105 Å². The van der Waals surface area contributed by atoms with Crippen LogP contribution in [0, 0.1) is 0 Å². The van der Waals surface area contributed by atoms with Crippen LogP contribution in [-0.4, -0.2) is 22.0 Å². The van der Waals surface area contributed by atoms with E-state index in [4.69, 9.17) is 4.74 Å². The first-order valence-corrected chi connectivity index (χ1v) is 5.55. The average molecular weight is 243 g/mol. The van der Waals surface area contributed by atoms with Gasteiger partial charge in [0.15, 0.2) is 6.10 Å². The number of benzene rings is 1. The van der Waals surface area contributed by atoms with Gasteiger partial charge >= 0.3 is 0 Å². The molecule has 1 unspecified atom stereocenters. The van der Waals surface area contributed by atoms with Crippen LogP contribution in [0.25, 0.3) is 0 Å². The first kappa shape index (κ1) is 12.0. The van der Waals surface area contributed by atoms with Crippen LogP contribution in [0.3, 0.4) is 0 Å². The molecule has 1 heterocycles. The summed E-state index contributed by atoms with van der Waals surface area (Å²) >= 11 is 0. The largest absolute Gasteiger partial charge is 0.481 e. The second-order valence-electron chi connectivity index (χ2n) is 3.63. The van der Waals surface area contributed by atoms with Crippen molar-refractivity contribution in [3.05, 3.63) is 48.8 Å². The number of carbonyl (C=O) groups is 1. The number of hydrogen-bond acceptors (Lipinski definition) is 4. The highest BCUT2D eigenvalue weighted by Crippen LogP contribution is 2.11. The number of para-hydroxylation sites is 1. The Morgan fingerprint density at radius 3 is 2.50 bits per heavy atom. The van der Waals surface area contributed by atoms with Gasteiger partial charge in [-0.2, -0.15) is 0 Å². The third kappa shape index (κ3) is 3.28. The third-order valence-corrected chi connectivity index (χ3v) is 2.23. The zero-order chi connectivity index (χ0) is 12.8. The number of ether oxygens (including phenoxy) is 1. The van der Waals surface area contributed by atoms with E-state index in [9.17, 15) is 4.79 Å². The van der Waals surface area contributed by atoms with Gasteiger partial charge in [0.05, 0.1) is 0 Å². The maximum atomic E-state index is 11.8. The van der Waals surface area contributed by atoms with Crippen molar-refractivity contribution in [2.24, 2.45) is 0 Å². The van der Waals surface area contributed by atoms with Crippen molar-refractivity contribution in [1.29, 1.82) is 0 Å². The Bertz CT molecular complexity index is 502. The molecule has 1 amide bonds. The van der Waals surface area contributed by atoms with Gasteiger partial charge < -0.3 is 4.74 Å². The van der Waals surface area contributed by atoms with Gasteiger partial charge in [-0.3, -0.25) is 10.1 Å². The van der Waals surface area contributed by atoms with Gasteiger partial charge in [0.25, 0.3) is 5.91 Å². The fourth-order valence-corrected chi connectivity index (χ4v) is 1.33. The molecule has 0 spiro atoms. The first-order valence-electron chi connectivity index (χ1n) is 5.55. The monoisotopic (exact) mass is 243 g/mol. The van der Waals surface area contributed by atoms with E-state index in [1.54, 1.807) is 37.5 Å². The molecule has 2 rings (SSSR count). The van der Waals surface area contributed by atoms with Crippen molar-refractivity contribution < 1.29 is 9.53 Å². The molecular weight excluding hydrogens is 230 g/mol. The van der Waals surface area contributed by atoms with Crippen LogP contribution in [-0.2, 0) is 4.79 Å². The van der Waals surface area contributed by atoms with E-state index in [1.807, 2.05) is 18.2 Å². The van der Waals surface area contributed by atoms with E-state index in [1.165, 1.54) is 0 Å². The zero-order valence-electron chi connectivity index (χ0n) is 9.91. The summed E-state index contributed by atoms with van der Waals surface area (Å²) in [5, 5.41) is 2.58. The molecule has 1 aromatic heterocycles. The fraction of sp³-hybridized carbons (Fsp3) is 0.154. The number of rotatable bonds is 4. The summed E-state index contributed by atoms with van der Waals surface area (Å²) in [4.78, 5) is 19.6. The van der Waals surface area contributed by atoms with E-state index in [0.717, 1.165) is 0 Å². The normalized spacial score (nSPS) is 11.6. The predicted molar refractivity (Wildman–Crippen MR) is 67.2 cm³/mol. The van der Waals surface area contributed by atoms with Gasteiger partial charge in [0, 0.05) is 12.4 Å². The summed E-state index contributed by atoms with van der Waals surface area (Å²) in [5.41, 5.74) is 0. The minimum Gasteiger partial charge on any atom is -0.481 e. The molecule has 0 aliphatic heterocycles. The van der Waals surface area contributed by atoms with Crippen LogP contribution in [0.15, 0.2) is 48.8 Å². The predicted octanol–water partition coefficient (Wildman–Crippen LogP) is 1.88. The van der Waals surface area contributed by atoms with Crippen LogP contribution in [0.5, 0.6) is 5.75 Å². The van der Waals surface area contributed by atoms with Gasteiger partial charge in [-0.1, -0.05) is 18.2 Å². The minimum absolute atomic E-state index is 0.269. The number of aromatic nitrogens is 2. The summed E-state index contributed by atoms with van der Waals surface area (Å²) < 4.78 is 5.48. The molecule has 1 N–H and O–H groups in total. The first-order chi connectivity index (χ1) is 8.75. The molecule has 0 saturated heterocycles. The highest BCUT2D eigenvalue weighted by atomic mass is 16.5. The summed E-state index contributed by atoms with van der Waals surface area (Å²) in [6.07, 6.45) is 2.51. The van der Waals surface area contributed by atoms with Gasteiger partial charge in [-0.15, -0.1) is 0 Å². The topological polar surface area (TPSA) is 64.1 Å². The lowest BCUT2D eigenvalue weighted by molar-refractivity contribution is -0.122. The average Bonchev–Trinajstić information content (AvgIpc) is 2.41. The lowest BCUT2D eigenvalue weighted by Crippen LogP contribution is -2.30. The van der Waals surface area contributed by atoms with Gasteiger partial charge in [-0.25, -0.2) is 9.97 Å². The molecule has 0 saturated carbocycles. The molecule has 0 bridgehead atoms. The fourth-order valence-electron chi connectivity index (χ4n) is 1.33. The van der Waals surface area contributed by atoms with Gasteiger partial charge in [0.2, 0.25) is 5.95 Å². The number of nitrogens with one attached hydrogen (secondary N) is 1. The van der Waals surface area contributed by atoms with Crippen molar-refractivity contribution in [2.75, 3.05) is 5.32 Å². The van der Waals surface area contributed by atoms with Gasteiger partial charge in [0.1, 0.15) is 5.75 Å². The standard InChI is InChI=1S/C13H13N3O2/c1-10(18-11-6-3-2-4-7-11)12(17)16-13-14-8-5-9-15-13/h2-10H,1H3,(H,14,15,16,17). The number of hydrogen-bond donors (Lipinski definition) is 1. The molecule has 92 valence electrons. The van der Waals surface area contributed by atoms with E-state index in [0.29, 0.717) is 5.75 Å². The number of carbonyl (C=O) groups excluding carboxylic acids is 1. The van der Waals surface area contributed by atoms with E-state index < -0.39 is 6.10 Å². The summed E-state index contributed by atoms with van der Waals surface area (Å²) in [5.74, 6) is 0.630. The second-order valence-corrected chi connectivity index (χ2v) is 3.63. The van der Waals surface area contributed by atoms with Crippen LogP contribution >= 0.6 is 0 Å². The minimum atomic E-state index is -0.615. The number of amides is 1. The SMILES string of the molecule is CC(Oc1ccccc1)C(=O)Nc1ncccn1. The Morgan fingerprint density at radius 2 is 1.83 bits per heavy atom. The van der Waals surface area contributed by atoms with E-state index >= 15 is 0 Å². The van der Waals surface area contributed by atoms with Crippen LogP contribution in [0.2, 0.25) is 0 Å². The lowest BCUT2D eigenvalue weighted by Gasteiger charge is -2.13. The van der Waals surface area contributed by atoms with Crippen molar-refractivity contribution in [3.63, 3.8) is 0 Å². The van der Waals surface area contributed by atoms with Gasteiger partial charge in [-0.05, 0) is 25.1 Å². The molecular formula is C13H13N3O2. The lowest BCUT2D eigenvalue weighted by atomic mass is 10.3. The Morgan fingerprint density at radius 1 is 1.17 bits per heavy atom. The molecule has 0 aliphatic carbocycles. The maximum absolute atomic E-state index is 11.8. The summed E-state index contributed by atoms with van der Waals surface area (Å²) in [7, 11) is 0. The van der Waals surface area contributed by atoms with Crippen molar-refractivity contribution in [1.82, 2.24) is 9.97 Å². The van der Waals surface area contributed by atoms with Crippen LogP contribution in [0.4, 0.5) is 5.95 Å². The molecule has 2 aromatic rings. The molecule has 5 nitrogen and oxygen atoms in total. The number of nitrogens with zero attached hydrogens (tertiary/aromatic N) is 2. The Hall–Kier alpha value is -2.43. The maximum Gasteiger partial charge on any atom is 0.267 e. The van der Waals surface area contributed by atoms with Crippen molar-refractivity contribution in [2.45, 2.75) is 13.0 Å². The molecule has 5 heteroatoms. The van der Waals surface area contributed by atoms with Crippen LogP contribution < -0.4 is 10.1 Å². The summed E-state index contributed by atoms with van der Waals surface area (Å²) in [6, 6.07) is 10.8. The molecule has 1 aromatic carbocycles. The molecule has 0 fully saturated rings.